The van der Waals surface area contributed by atoms with Gasteiger partial charge in [-0.25, -0.2) is 0 Å². The number of aliphatic hydroxyl groups is 1. The number of phenolic OH excluding ortho intramolecular Hbond substituents is 1. The van der Waals surface area contributed by atoms with Crippen LogP contribution in [-0.2, 0) is 25.6 Å². The molecule has 8 nitrogen and oxygen atoms in total. The van der Waals surface area contributed by atoms with E-state index in [0.717, 1.165) is 3.57 Å². The molecule has 2 unspecified atom stereocenters. The monoisotopic (exact) mass is 623 g/mol. The Balaban J connectivity index is 1.84. The number of benzene rings is 1. The van der Waals surface area contributed by atoms with Gasteiger partial charge in [-0.2, -0.15) is 0 Å². The van der Waals surface area contributed by atoms with Crippen molar-refractivity contribution in [2.75, 3.05) is 0 Å². The maximum absolute atomic E-state index is 13.3. The fourth-order valence-electron chi connectivity index (χ4n) is 4.96. The first-order valence-electron chi connectivity index (χ1n) is 8.87. The number of aromatic hydroxyl groups is 1. The van der Waals surface area contributed by atoms with Crippen molar-refractivity contribution in [2.24, 2.45) is 29.4 Å². The van der Waals surface area contributed by atoms with Crippen LogP contribution in [0.3, 0.4) is 0 Å². The summed E-state index contributed by atoms with van der Waals surface area (Å²) < 4.78 is 1.22. The van der Waals surface area contributed by atoms with Gasteiger partial charge in [0.1, 0.15) is 5.75 Å². The molecule has 0 heterocycles. The highest BCUT2D eigenvalue weighted by Gasteiger charge is 2.66. The summed E-state index contributed by atoms with van der Waals surface area (Å²) >= 11 is 3.94. The predicted molar refractivity (Wildman–Crippen MR) is 114 cm³/mol. The standard InChI is InChI=1S/C19H15I2NO7/c20-8-4-9(21)14(24)12-7(8)2-5-1-6-3-10(23)13(18(22)28)17(27)19(6,29)16(26)11(5)15(12)25/h4-6,11,13,24,29H,1-3H2,(H2,22,28)/t5-,6+,11?,13?,19+/m1/s1. The van der Waals surface area contributed by atoms with Crippen LogP contribution in [0.25, 0.3) is 0 Å². The van der Waals surface area contributed by atoms with Crippen molar-refractivity contribution in [3.8, 4) is 5.75 Å². The summed E-state index contributed by atoms with van der Waals surface area (Å²) in [7, 11) is 0. The number of phenols is 1. The Morgan fingerprint density at radius 1 is 1.10 bits per heavy atom. The highest BCUT2D eigenvalue weighted by atomic mass is 127. The van der Waals surface area contributed by atoms with Crippen molar-refractivity contribution >= 4 is 74.2 Å². The summed E-state index contributed by atoms with van der Waals surface area (Å²) in [5, 5.41) is 21.5. The highest BCUT2D eigenvalue weighted by Crippen LogP contribution is 2.50. The lowest BCUT2D eigenvalue weighted by atomic mass is 9.54. The molecule has 0 spiro atoms. The van der Waals surface area contributed by atoms with Gasteiger partial charge in [-0.15, -0.1) is 0 Å². The molecule has 1 amide bonds. The molecule has 0 radical (unpaired) electrons. The number of primary amides is 1. The molecule has 4 rings (SSSR count). The number of ketones is 4. The number of fused-ring (bicyclic) bond motifs is 3. The number of amides is 1. The van der Waals surface area contributed by atoms with E-state index < -0.39 is 58.3 Å². The van der Waals surface area contributed by atoms with Gasteiger partial charge < -0.3 is 15.9 Å². The minimum Gasteiger partial charge on any atom is -0.506 e. The van der Waals surface area contributed by atoms with Gasteiger partial charge in [0.25, 0.3) is 0 Å². The molecule has 0 saturated heterocycles. The zero-order chi connectivity index (χ0) is 21.4. The Morgan fingerprint density at radius 2 is 1.76 bits per heavy atom. The van der Waals surface area contributed by atoms with Crippen molar-refractivity contribution < 1.29 is 34.2 Å². The van der Waals surface area contributed by atoms with Crippen LogP contribution in [0.4, 0.5) is 0 Å². The Kier molecular flexibility index (Phi) is 4.89. The first kappa shape index (κ1) is 20.8. The van der Waals surface area contributed by atoms with Crippen molar-refractivity contribution in [2.45, 2.75) is 24.9 Å². The van der Waals surface area contributed by atoms with Gasteiger partial charge in [0.05, 0.1) is 15.1 Å². The van der Waals surface area contributed by atoms with Crippen LogP contribution in [0.1, 0.15) is 28.8 Å². The maximum Gasteiger partial charge on any atom is 0.235 e. The van der Waals surface area contributed by atoms with Crippen molar-refractivity contribution in [1.82, 2.24) is 0 Å². The highest BCUT2D eigenvalue weighted by molar-refractivity contribution is 14.1. The van der Waals surface area contributed by atoms with Crippen molar-refractivity contribution in [3.05, 3.63) is 24.3 Å². The molecule has 3 aliphatic rings. The van der Waals surface area contributed by atoms with Gasteiger partial charge >= 0.3 is 0 Å². The third kappa shape index (κ3) is 2.74. The first-order valence-corrected chi connectivity index (χ1v) is 11.0. The van der Waals surface area contributed by atoms with Crippen LogP contribution in [0.15, 0.2) is 6.07 Å². The summed E-state index contributed by atoms with van der Waals surface area (Å²) in [5.74, 6) is -9.79. The van der Waals surface area contributed by atoms with E-state index in [0.29, 0.717) is 15.6 Å². The molecule has 1 aromatic rings. The summed E-state index contributed by atoms with van der Waals surface area (Å²) in [5.41, 5.74) is 3.19. The zero-order valence-corrected chi connectivity index (χ0v) is 19.1. The molecule has 0 aromatic heterocycles. The van der Waals surface area contributed by atoms with Crippen LogP contribution in [0, 0.1) is 30.8 Å². The quantitative estimate of drug-likeness (QED) is 0.305. The molecule has 2 saturated carbocycles. The van der Waals surface area contributed by atoms with Gasteiger partial charge in [0.2, 0.25) is 5.91 Å². The number of hydrogen-bond donors (Lipinski definition) is 3. The molecule has 2 fully saturated rings. The van der Waals surface area contributed by atoms with Crippen LogP contribution in [0.2, 0.25) is 0 Å². The molecule has 10 heteroatoms. The van der Waals surface area contributed by atoms with Gasteiger partial charge in [0.15, 0.2) is 34.7 Å². The molecular formula is C19H15I2NO7. The molecule has 4 N–H and O–H groups in total. The molecule has 29 heavy (non-hydrogen) atoms. The molecule has 3 aliphatic carbocycles. The lowest BCUT2D eigenvalue weighted by molar-refractivity contribution is -0.175. The second-order valence-corrected chi connectivity index (χ2v) is 10.1. The van der Waals surface area contributed by atoms with Gasteiger partial charge in [-0.05, 0) is 75.6 Å². The molecule has 152 valence electrons. The number of carbonyl (C=O) groups excluding carboxylic acids is 5. The van der Waals surface area contributed by atoms with E-state index in [2.05, 4.69) is 22.6 Å². The van der Waals surface area contributed by atoms with Gasteiger partial charge in [0, 0.05) is 15.9 Å². The van der Waals surface area contributed by atoms with Crippen LogP contribution >= 0.6 is 45.2 Å². The van der Waals surface area contributed by atoms with E-state index in [1.807, 2.05) is 22.6 Å². The van der Waals surface area contributed by atoms with E-state index in [4.69, 9.17) is 5.73 Å². The Morgan fingerprint density at radius 3 is 2.38 bits per heavy atom. The predicted octanol–water partition coefficient (Wildman–Crippen LogP) is 0.536. The molecule has 5 atom stereocenters. The fraction of sp³-hybridized carbons (Fsp3) is 0.421. The summed E-state index contributed by atoms with van der Waals surface area (Å²) in [4.78, 5) is 63.1. The molecule has 0 bridgehead atoms. The number of halogens is 2. The lowest BCUT2D eigenvalue weighted by Crippen LogP contribution is -2.68. The maximum atomic E-state index is 13.3. The van der Waals surface area contributed by atoms with Crippen molar-refractivity contribution in [3.63, 3.8) is 0 Å². The number of rotatable bonds is 1. The summed E-state index contributed by atoms with van der Waals surface area (Å²) in [6.45, 7) is 0. The van der Waals surface area contributed by atoms with E-state index in [1.165, 1.54) is 0 Å². The average molecular weight is 623 g/mol. The van der Waals surface area contributed by atoms with Crippen molar-refractivity contribution in [1.29, 1.82) is 0 Å². The van der Waals surface area contributed by atoms with E-state index in [9.17, 15) is 34.2 Å². The SMILES string of the molecule is NC(=O)C1C(=O)C[C@@H]2C[C@@H]3Cc4c(I)cc(I)c(O)c4C(=O)C3C(=O)[C@]2(O)C1=O. The van der Waals surface area contributed by atoms with Gasteiger partial charge in [-0.1, -0.05) is 0 Å². The number of hydrogen-bond acceptors (Lipinski definition) is 7. The Hall–Kier alpha value is -1.41. The normalized spacial score (nSPS) is 33.8. The lowest BCUT2D eigenvalue weighted by Gasteiger charge is -2.48. The second kappa shape index (κ2) is 6.80. The minimum absolute atomic E-state index is 0.0312. The van der Waals surface area contributed by atoms with Gasteiger partial charge in [-0.3, -0.25) is 24.0 Å². The summed E-state index contributed by atoms with van der Waals surface area (Å²) in [6, 6.07) is 1.73. The van der Waals surface area contributed by atoms with Crippen LogP contribution in [-0.4, -0.2) is 44.9 Å². The molecule has 0 aliphatic heterocycles. The largest absolute Gasteiger partial charge is 0.506 e. The fourth-order valence-corrected chi connectivity index (χ4v) is 6.94. The average Bonchev–Trinajstić information content (AvgIpc) is 2.62. The second-order valence-electron chi connectivity index (χ2n) is 7.78. The number of nitrogens with two attached hydrogens (primary N) is 1. The van der Waals surface area contributed by atoms with Crippen LogP contribution < -0.4 is 5.73 Å². The topological polar surface area (TPSA) is 152 Å². The third-order valence-corrected chi connectivity index (χ3v) is 8.09. The minimum atomic E-state index is -2.60. The molecule has 1 aromatic carbocycles. The van der Waals surface area contributed by atoms with E-state index in [1.54, 1.807) is 6.07 Å². The number of carbonyl (C=O) groups is 5. The zero-order valence-electron chi connectivity index (χ0n) is 14.8. The van der Waals surface area contributed by atoms with E-state index in [-0.39, 0.29) is 24.2 Å². The summed E-state index contributed by atoms with van der Waals surface area (Å²) in [6.07, 6.45) is 0.0687. The smallest absolute Gasteiger partial charge is 0.235 e. The number of Topliss-reactive ketones (excluding diaryl/α,β-unsaturated/α-hetero) is 4. The van der Waals surface area contributed by atoms with E-state index >= 15 is 0 Å². The van der Waals surface area contributed by atoms with Crippen LogP contribution in [0.5, 0.6) is 5.75 Å². The third-order valence-electron chi connectivity index (χ3n) is 6.30. The Bertz CT molecular complexity index is 1040. The Labute approximate surface area is 191 Å². The first-order chi connectivity index (χ1) is 13.5. The molecular weight excluding hydrogens is 608 g/mol.